The Bertz CT molecular complexity index is 640. The van der Waals surface area contributed by atoms with E-state index in [4.69, 9.17) is 4.74 Å². The van der Waals surface area contributed by atoms with E-state index in [1.807, 2.05) is 13.8 Å². The number of thioether (sulfide) groups is 1. The molecule has 1 amide bonds. The zero-order valence-electron chi connectivity index (χ0n) is 15.0. The molecule has 2 saturated carbocycles. The first-order chi connectivity index (χ1) is 12.0. The van der Waals surface area contributed by atoms with Crippen molar-refractivity contribution in [3.63, 3.8) is 0 Å². The summed E-state index contributed by atoms with van der Waals surface area (Å²) < 4.78 is 7.03. The molecule has 0 radical (unpaired) electrons. The van der Waals surface area contributed by atoms with Crippen LogP contribution in [0.5, 0.6) is 0 Å². The van der Waals surface area contributed by atoms with Crippen LogP contribution < -0.4 is 5.32 Å². The maximum Gasteiger partial charge on any atom is 0.328 e. The molecule has 8 heteroatoms. The number of rotatable bonds is 9. The third-order valence-corrected chi connectivity index (χ3v) is 5.81. The van der Waals surface area contributed by atoms with Gasteiger partial charge in [0.05, 0.1) is 12.9 Å². The van der Waals surface area contributed by atoms with E-state index in [0.717, 1.165) is 30.2 Å². The number of hydrogen-bond acceptors (Lipinski definition) is 6. The SMILES string of the molecule is CCC(C)C(NC(=O)CSc1nnc(C2CC2)n1C1CC1)C(=O)OC. The zero-order valence-corrected chi connectivity index (χ0v) is 15.8. The Balaban J connectivity index is 1.59. The molecule has 1 heterocycles. The van der Waals surface area contributed by atoms with Gasteiger partial charge >= 0.3 is 5.97 Å². The fourth-order valence-electron chi connectivity index (χ4n) is 2.82. The molecule has 0 bridgehead atoms. The van der Waals surface area contributed by atoms with Gasteiger partial charge in [-0.2, -0.15) is 0 Å². The van der Waals surface area contributed by atoms with Crippen LogP contribution in [-0.4, -0.2) is 45.5 Å². The van der Waals surface area contributed by atoms with Crippen LogP contribution >= 0.6 is 11.8 Å². The van der Waals surface area contributed by atoms with Gasteiger partial charge in [0, 0.05) is 12.0 Å². The van der Waals surface area contributed by atoms with Crippen LogP contribution in [0.2, 0.25) is 0 Å². The van der Waals surface area contributed by atoms with E-state index in [1.165, 1.54) is 31.7 Å². The third-order valence-electron chi connectivity index (χ3n) is 4.86. The van der Waals surface area contributed by atoms with Crippen molar-refractivity contribution >= 4 is 23.6 Å². The summed E-state index contributed by atoms with van der Waals surface area (Å²) in [5.74, 6) is 1.30. The fourth-order valence-corrected chi connectivity index (χ4v) is 3.65. The lowest BCUT2D eigenvalue weighted by molar-refractivity contribution is -0.146. The summed E-state index contributed by atoms with van der Waals surface area (Å²) in [6.07, 6.45) is 5.48. The van der Waals surface area contributed by atoms with E-state index in [-0.39, 0.29) is 17.6 Å². The molecule has 2 fully saturated rings. The number of carbonyl (C=O) groups excluding carboxylic acids is 2. The fraction of sp³-hybridized carbons (Fsp3) is 0.765. The van der Waals surface area contributed by atoms with Crippen molar-refractivity contribution in [2.75, 3.05) is 12.9 Å². The van der Waals surface area contributed by atoms with E-state index >= 15 is 0 Å². The molecule has 138 valence electrons. The van der Waals surface area contributed by atoms with Gasteiger partial charge in [0.2, 0.25) is 5.91 Å². The third kappa shape index (κ3) is 4.34. The maximum atomic E-state index is 12.3. The van der Waals surface area contributed by atoms with E-state index < -0.39 is 12.0 Å². The normalized spacial score (nSPS) is 19.3. The highest BCUT2D eigenvalue weighted by Crippen LogP contribution is 2.45. The first-order valence-electron chi connectivity index (χ1n) is 8.99. The van der Waals surface area contributed by atoms with Crippen molar-refractivity contribution in [2.45, 2.75) is 69.1 Å². The van der Waals surface area contributed by atoms with Gasteiger partial charge in [-0.25, -0.2) is 4.79 Å². The average Bonchev–Trinajstić information content (AvgIpc) is 3.55. The minimum Gasteiger partial charge on any atom is -0.467 e. The molecule has 1 aromatic rings. The molecule has 1 N–H and O–H groups in total. The van der Waals surface area contributed by atoms with Gasteiger partial charge in [-0.3, -0.25) is 4.79 Å². The van der Waals surface area contributed by atoms with E-state index in [2.05, 4.69) is 20.1 Å². The molecule has 25 heavy (non-hydrogen) atoms. The van der Waals surface area contributed by atoms with Crippen LogP contribution in [0.3, 0.4) is 0 Å². The molecular weight excluding hydrogens is 340 g/mol. The minimum absolute atomic E-state index is 0.0259. The van der Waals surface area contributed by atoms with Gasteiger partial charge in [-0.1, -0.05) is 32.0 Å². The van der Waals surface area contributed by atoms with Crippen molar-refractivity contribution < 1.29 is 14.3 Å². The summed E-state index contributed by atoms with van der Waals surface area (Å²) in [5.41, 5.74) is 0. The van der Waals surface area contributed by atoms with Crippen LogP contribution in [-0.2, 0) is 14.3 Å². The summed E-state index contributed by atoms with van der Waals surface area (Å²) in [7, 11) is 1.34. The van der Waals surface area contributed by atoms with E-state index in [0.29, 0.717) is 12.0 Å². The van der Waals surface area contributed by atoms with Gasteiger partial charge in [0.1, 0.15) is 11.9 Å². The van der Waals surface area contributed by atoms with Crippen molar-refractivity contribution in [1.29, 1.82) is 0 Å². The topological polar surface area (TPSA) is 86.1 Å². The molecule has 2 aliphatic rings. The highest BCUT2D eigenvalue weighted by molar-refractivity contribution is 7.99. The molecular formula is C17H26N4O3S. The first-order valence-corrected chi connectivity index (χ1v) is 9.98. The maximum absolute atomic E-state index is 12.3. The Hall–Kier alpha value is -1.57. The lowest BCUT2D eigenvalue weighted by Crippen LogP contribution is -2.46. The number of amides is 1. The van der Waals surface area contributed by atoms with Crippen molar-refractivity contribution in [1.82, 2.24) is 20.1 Å². The Labute approximate surface area is 152 Å². The summed E-state index contributed by atoms with van der Waals surface area (Å²) in [5, 5.41) is 12.3. The van der Waals surface area contributed by atoms with Crippen molar-refractivity contribution in [2.24, 2.45) is 5.92 Å². The van der Waals surface area contributed by atoms with Gasteiger partial charge in [0.25, 0.3) is 0 Å². The molecule has 2 atom stereocenters. The standard InChI is InChI=1S/C17H26N4O3S/c1-4-10(2)14(16(23)24-3)18-13(22)9-25-17-20-19-15(11-5-6-11)21(17)12-7-8-12/h10-12,14H,4-9H2,1-3H3,(H,18,22). The average molecular weight is 366 g/mol. The van der Waals surface area contributed by atoms with Gasteiger partial charge < -0.3 is 14.6 Å². The number of nitrogens with one attached hydrogen (secondary N) is 1. The Morgan fingerprint density at radius 1 is 1.32 bits per heavy atom. The molecule has 3 rings (SSSR count). The van der Waals surface area contributed by atoms with Crippen molar-refractivity contribution in [3.8, 4) is 0 Å². The molecule has 1 aromatic heterocycles. The van der Waals surface area contributed by atoms with E-state index in [9.17, 15) is 9.59 Å². The smallest absolute Gasteiger partial charge is 0.328 e. The second-order valence-corrected chi connectivity index (χ2v) is 7.90. The molecule has 0 aromatic carbocycles. The Morgan fingerprint density at radius 2 is 2.04 bits per heavy atom. The number of esters is 1. The Morgan fingerprint density at radius 3 is 2.60 bits per heavy atom. The van der Waals surface area contributed by atoms with Crippen LogP contribution in [0.4, 0.5) is 0 Å². The van der Waals surface area contributed by atoms with Crippen LogP contribution in [0, 0.1) is 5.92 Å². The quantitative estimate of drug-likeness (QED) is 0.533. The lowest BCUT2D eigenvalue weighted by Gasteiger charge is -2.21. The zero-order chi connectivity index (χ0) is 18.0. The van der Waals surface area contributed by atoms with Crippen LogP contribution in [0.25, 0.3) is 0 Å². The second kappa shape index (κ2) is 7.76. The number of hydrogen-bond donors (Lipinski definition) is 1. The van der Waals surface area contributed by atoms with Gasteiger partial charge in [0.15, 0.2) is 5.16 Å². The lowest BCUT2D eigenvalue weighted by atomic mass is 9.99. The molecule has 2 aliphatic carbocycles. The summed E-state index contributed by atoms with van der Waals surface area (Å²) in [6, 6.07) is -0.106. The summed E-state index contributed by atoms with van der Waals surface area (Å²) in [6.45, 7) is 3.92. The highest BCUT2D eigenvalue weighted by atomic mass is 32.2. The number of methoxy groups -OCH3 is 1. The molecule has 0 saturated heterocycles. The number of aromatic nitrogens is 3. The summed E-state index contributed by atoms with van der Waals surface area (Å²) >= 11 is 1.40. The minimum atomic E-state index is -0.605. The Kier molecular flexibility index (Phi) is 5.66. The van der Waals surface area contributed by atoms with Gasteiger partial charge in [-0.05, 0) is 31.6 Å². The van der Waals surface area contributed by atoms with Crippen LogP contribution in [0.1, 0.15) is 63.7 Å². The monoisotopic (exact) mass is 366 g/mol. The molecule has 0 aliphatic heterocycles. The van der Waals surface area contributed by atoms with E-state index in [1.54, 1.807) is 0 Å². The predicted molar refractivity (Wildman–Crippen MR) is 94.4 cm³/mol. The number of ether oxygens (including phenoxy) is 1. The van der Waals surface area contributed by atoms with Gasteiger partial charge in [-0.15, -0.1) is 10.2 Å². The first kappa shape index (κ1) is 18.2. The van der Waals surface area contributed by atoms with Crippen LogP contribution in [0.15, 0.2) is 5.16 Å². The largest absolute Gasteiger partial charge is 0.467 e. The summed E-state index contributed by atoms with van der Waals surface area (Å²) in [4.78, 5) is 24.2. The highest BCUT2D eigenvalue weighted by Gasteiger charge is 2.36. The molecule has 7 nitrogen and oxygen atoms in total. The molecule has 2 unspecified atom stereocenters. The second-order valence-electron chi connectivity index (χ2n) is 6.96. The van der Waals surface area contributed by atoms with Crippen molar-refractivity contribution in [3.05, 3.63) is 5.82 Å². The molecule has 0 spiro atoms. The number of nitrogens with zero attached hydrogens (tertiary/aromatic N) is 3. The number of carbonyl (C=O) groups is 2. The predicted octanol–water partition coefficient (Wildman–Crippen LogP) is 2.29.